The molecule has 29 heavy (non-hydrogen) atoms. The maximum atomic E-state index is 13.1. The number of carbonyl (C=O) groups is 1. The third kappa shape index (κ3) is 4.51. The summed E-state index contributed by atoms with van der Waals surface area (Å²) in [4.78, 5) is 18.7. The molecule has 2 aliphatic rings. The van der Waals surface area contributed by atoms with Crippen LogP contribution in [0.25, 0.3) is 0 Å². The average Bonchev–Trinajstić information content (AvgIpc) is 2.96. The van der Waals surface area contributed by atoms with Gasteiger partial charge in [0.1, 0.15) is 5.82 Å². The SMILES string of the molecule is O=C(Nc1nc2c(s1)CCCCC2)[C@H]1CCCN(S(=O)(=O)c2ccc(F)cc2)C1. The van der Waals surface area contributed by atoms with E-state index >= 15 is 0 Å². The summed E-state index contributed by atoms with van der Waals surface area (Å²) in [5.41, 5.74) is 1.09. The molecule has 4 rings (SSSR count). The molecule has 156 valence electrons. The lowest BCUT2D eigenvalue weighted by Crippen LogP contribution is -2.43. The third-order valence-corrected chi connectivity index (χ3v) is 8.48. The zero-order valence-corrected chi connectivity index (χ0v) is 17.7. The molecule has 1 fully saturated rings. The number of amides is 1. The van der Waals surface area contributed by atoms with Crippen LogP contribution in [0.1, 0.15) is 42.7 Å². The van der Waals surface area contributed by atoms with Crippen LogP contribution in [0.15, 0.2) is 29.2 Å². The topological polar surface area (TPSA) is 79.4 Å². The predicted molar refractivity (Wildman–Crippen MR) is 110 cm³/mol. The van der Waals surface area contributed by atoms with Gasteiger partial charge < -0.3 is 5.32 Å². The number of thiazole rings is 1. The van der Waals surface area contributed by atoms with Crippen molar-refractivity contribution in [2.45, 2.75) is 49.8 Å². The Morgan fingerprint density at radius 3 is 2.69 bits per heavy atom. The normalized spacial score (nSPS) is 20.7. The van der Waals surface area contributed by atoms with Gasteiger partial charge in [-0.1, -0.05) is 6.42 Å². The van der Waals surface area contributed by atoms with E-state index in [0.717, 1.165) is 43.5 Å². The number of nitrogens with one attached hydrogen (secondary N) is 1. The van der Waals surface area contributed by atoms with Gasteiger partial charge in [-0.3, -0.25) is 4.79 Å². The molecule has 2 heterocycles. The van der Waals surface area contributed by atoms with E-state index in [1.165, 1.54) is 39.1 Å². The summed E-state index contributed by atoms with van der Waals surface area (Å²) in [5.74, 6) is -1.10. The van der Waals surface area contributed by atoms with Gasteiger partial charge in [-0.25, -0.2) is 17.8 Å². The van der Waals surface area contributed by atoms with Crippen LogP contribution >= 0.6 is 11.3 Å². The van der Waals surface area contributed by atoms with Crippen molar-refractivity contribution in [3.63, 3.8) is 0 Å². The summed E-state index contributed by atoms with van der Waals surface area (Å²) in [7, 11) is -3.75. The van der Waals surface area contributed by atoms with E-state index in [2.05, 4.69) is 10.3 Å². The van der Waals surface area contributed by atoms with Gasteiger partial charge in [-0.15, -0.1) is 11.3 Å². The highest BCUT2D eigenvalue weighted by atomic mass is 32.2. The Balaban J connectivity index is 1.44. The molecule has 0 spiro atoms. The summed E-state index contributed by atoms with van der Waals surface area (Å²) >= 11 is 1.54. The van der Waals surface area contributed by atoms with Crippen LogP contribution in [0.5, 0.6) is 0 Å². The van der Waals surface area contributed by atoms with Gasteiger partial charge in [0.25, 0.3) is 0 Å². The number of anilines is 1. The lowest BCUT2D eigenvalue weighted by atomic mass is 9.99. The molecule has 0 radical (unpaired) electrons. The van der Waals surface area contributed by atoms with E-state index in [4.69, 9.17) is 0 Å². The van der Waals surface area contributed by atoms with Crippen molar-refractivity contribution in [3.05, 3.63) is 40.7 Å². The molecule has 1 saturated heterocycles. The van der Waals surface area contributed by atoms with Gasteiger partial charge in [0.05, 0.1) is 16.5 Å². The van der Waals surface area contributed by atoms with E-state index in [-0.39, 0.29) is 17.3 Å². The van der Waals surface area contributed by atoms with Gasteiger partial charge in [0.2, 0.25) is 15.9 Å². The molecule has 1 aliphatic carbocycles. The standard InChI is InChI=1S/C20H24FN3O3S2/c21-15-8-10-16(11-9-15)29(26,27)24-12-4-5-14(13-24)19(25)23-20-22-17-6-2-1-3-7-18(17)28-20/h8-11,14H,1-7,12-13H2,(H,22,23,25)/t14-/m0/s1. The highest BCUT2D eigenvalue weighted by Crippen LogP contribution is 2.30. The number of piperidine rings is 1. The summed E-state index contributed by atoms with van der Waals surface area (Å²) in [5, 5.41) is 3.52. The van der Waals surface area contributed by atoms with Crippen LogP contribution in [0.3, 0.4) is 0 Å². The molecule has 1 N–H and O–H groups in total. The Labute approximate surface area is 174 Å². The summed E-state index contributed by atoms with van der Waals surface area (Å²) in [6.07, 6.45) is 6.69. The number of nitrogens with zero attached hydrogens (tertiary/aromatic N) is 2. The number of fused-ring (bicyclic) bond motifs is 1. The second-order valence-corrected chi connectivity index (χ2v) is 10.6. The largest absolute Gasteiger partial charge is 0.302 e. The number of sulfonamides is 1. The Morgan fingerprint density at radius 1 is 1.14 bits per heavy atom. The van der Waals surface area contributed by atoms with Crippen molar-refractivity contribution in [2.75, 3.05) is 18.4 Å². The summed E-state index contributed by atoms with van der Waals surface area (Å²) < 4.78 is 40.2. The number of halogens is 1. The fourth-order valence-electron chi connectivity index (χ4n) is 3.92. The van der Waals surface area contributed by atoms with Crippen molar-refractivity contribution < 1.29 is 17.6 Å². The summed E-state index contributed by atoms with van der Waals surface area (Å²) in [6, 6.07) is 4.79. The van der Waals surface area contributed by atoms with Crippen LogP contribution in [0.2, 0.25) is 0 Å². The molecular formula is C20H24FN3O3S2. The molecule has 1 amide bonds. The fourth-order valence-corrected chi connectivity index (χ4v) is 6.50. The number of aromatic nitrogens is 1. The predicted octanol–water partition coefficient (Wildman–Crippen LogP) is 3.59. The molecule has 6 nitrogen and oxygen atoms in total. The Hall–Kier alpha value is -1.84. The second-order valence-electron chi connectivity index (χ2n) is 7.59. The van der Waals surface area contributed by atoms with Crippen LogP contribution in [-0.2, 0) is 27.7 Å². The van der Waals surface area contributed by atoms with E-state index in [1.807, 2.05) is 0 Å². The zero-order chi connectivity index (χ0) is 20.4. The maximum absolute atomic E-state index is 13.1. The van der Waals surface area contributed by atoms with Crippen LogP contribution < -0.4 is 5.32 Å². The Morgan fingerprint density at radius 2 is 1.90 bits per heavy atom. The van der Waals surface area contributed by atoms with Crippen LogP contribution in [0, 0.1) is 11.7 Å². The highest BCUT2D eigenvalue weighted by Gasteiger charge is 2.33. The lowest BCUT2D eigenvalue weighted by molar-refractivity contribution is -0.120. The molecule has 1 aromatic heterocycles. The quantitative estimate of drug-likeness (QED) is 0.742. The Bertz CT molecular complexity index is 965. The molecule has 0 unspecified atom stereocenters. The monoisotopic (exact) mass is 437 g/mol. The molecule has 0 saturated carbocycles. The first-order valence-electron chi connectivity index (χ1n) is 9.98. The van der Waals surface area contributed by atoms with Crippen molar-refractivity contribution >= 4 is 32.4 Å². The smallest absolute Gasteiger partial charge is 0.243 e. The number of hydrogen-bond donors (Lipinski definition) is 1. The van der Waals surface area contributed by atoms with Crippen molar-refractivity contribution in [2.24, 2.45) is 5.92 Å². The third-order valence-electron chi connectivity index (χ3n) is 5.53. The van der Waals surface area contributed by atoms with E-state index in [9.17, 15) is 17.6 Å². The van der Waals surface area contributed by atoms with Crippen molar-refractivity contribution in [3.8, 4) is 0 Å². The van der Waals surface area contributed by atoms with Gasteiger partial charge in [0.15, 0.2) is 5.13 Å². The first kappa shape index (κ1) is 20.4. The number of rotatable bonds is 4. The molecule has 1 atom stereocenters. The van der Waals surface area contributed by atoms with Crippen molar-refractivity contribution in [1.82, 2.24) is 9.29 Å². The van der Waals surface area contributed by atoms with Gasteiger partial charge >= 0.3 is 0 Å². The minimum Gasteiger partial charge on any atom is -0.302 e. The molecular weight excluding hydrogens is 413 g/mol. The first-order valence-corrected chi connectivity index (χ1v) is 12.2. The Kier molecular flexibility index (Phi) is 5.98. The van der Waals surface area contributed by atoms with E-state index in [0.29, 0.717) is 24.5 Å². The minimum absolute atomic E-state index is 0.0450. The van der Waals surface area contributed by atoms with Gasteiger partial charge in [-0.2, -0.15) is 4.31 Å². The highest BCUT2D eigenvalue weighted by molar-refractivity contribution is 7.89. The molecule has 1 aromatic carbocycles. The van der Waals surface area contributed by atoms with E-state index < -0.39 is 21.8 Å². The molecule has 1 aliphatic heterocycles. The van der Waals surface area contributed by atoms with Gasteiger partial charge in [-0.05, 0) is 62.8 Å². The zero-order valence-electron chi connectivity index (χ0n) is 16.1. The first-order chi connectivity index (χ1) is 13.9. The van der Waals surface area contributed by atoms with Crippen molar-refractivity contribution in [1.29, 1.82) is 0 Å². The number of benzene rings is 1. The number of hydrogen-bond acceptors (Lipinski definition) is 5. The van der Waals surface area contributed by atoms with E-state index in [1.54, 1.807) is 0 Å². The molecule has 0 bridgehead atoms. The fraction of sp³-hybridized carbons (Fsp3) is 0.500. The maximum Gasteiger partial charge on any atom is 0.243 e. The minimum atomic E-state index is -3.75. The number of carbonyl (C=O) groups excluding carboxylic acids is 1. The van der Waals surface area contributed by atoms with Crippen LogP contribution in [0.4, 0.5) is 9.52 Å². The summed E-state index contributed by atoms with van der Waals surface area (Å²) in [6.45, 7) is 0.478. The average molecular weight is 438 g/mol. The lowest BCUT2D eigenvalue weighted by Gasteiger charge is -2.31. The van der Waals surface area contributed by atoms with Crippen LogP contribution in [-0.4, -0.2) is 36.7 Å². The van der Waals surface area contributed by atoms with Gasteiger partial charge in [0, 0.05) is 18.0 Å². The molecule has 2 aromatic rings. The molecule has 9 heteroatoms. The second kappa shape index (κ2) is 8.49. The number of aryl methyl sites for hydroxylation is 2.